The van der Waals surface area contributed by atoms with Gasteiger partial charge in [0.2, 0.25) is 5.95 Å². The zero-order valence-corrected chi connectivity index (χ0v) is 20.1. The average molecular weight is 507 g/mol. The lowest BCUT2D eigenvalue weighted by molar-refractivity contribution is 0.0833. The van der Waals surface area contributed by atoms with Crippen LogP contribution in [0.3, 0.4) is 0 Å². The van der Waals surface area contributed by atoms with Crippen LogP contribution in [0.4, 0.5) is 24.7 Å². The van der Waals surface area contributed by atoms with E-state index < -0.39 is 43.3 Å². The Balaban J connectivity index is 1.90. The summed E-state index contributed by atoms with van der Waals surface area (Å²) in [6.07, 6.45) is 0.719. The van der Waals surface area contributed by atoms with Gasteiger partial charge in [0, 0.05) is 38.3 Å². The molecule has 1 aliphatic heterocycles. The standard InChI is InChI=1S/C21H26ClF3N4O3S/c1-4-29(10-11-32-3)21(2)8-9-28(13-21)15-12-14(23)20(19(25)18(15)22)33(30,31)27-17-7-5-6-16(24)26-17/h5-7,12H,4,8-11,13H2,1-3H3,(H,26,27)/t21-/m1/s1. The van der Waals surface area contributed by atoms with Crippen LogP contribution >= 0.6 is 11.6 Å². The minimum absolute atomic E-state index is 0.0704. The number of aromatic nitrogens is 1. The maximum atomic E-state index is 15.1. The quantitative estimate of drug-likeness (QED) is 0.411. The number of ether oxygens (including phenoxy) is 1. The number of halogens is 4. The molecule has 7 nitrogen and oxygen atoms in total. The molecule has 1 fully saturated rings. The number of hydrogen-bond donors (Lipinski definition) is 1. The minimum Gasteiger partial charge on any atom is -0.383 e. The number of nitrogens with zero attached hydrogens (tertiary/aromatic N) is 3. The summed E-state index contributed by atoms with van der Waals surface area (Å²) in [4.78, 5) is 6.07. The molecule has 0 aliphatic carbocycles. The van der Waals surface area contributed by atoms with Gasteiger partial charge in [0.1, 0.15) is 16.7 Å². The van der Waals surface area contributed by atoms with Crippen molar-refractivity contribution in [3.63, 3.8) is 0 Å². The van der Waals surface area contributed by atoms with Crippen molar-refractivity contribution in [2.45, 2.75) is 30.7 Å². The van der Waals surface area contributed by atoms with Crippen molar-refractivity contribution in [2.75, 3.05) is 49.5 Å². The molecule has 3 rings (SSSR count). The molecular weight excluding hydrogens is 481 g/mol. The van der Waals surface area contributed by atoms with Crippen LogP contribution in [0, 0.1) is 17.6 Å². The highest BCUT2D eigenvalue weighted by Crippen LogP contribution is 2.39. The molecule has 33 heavy (non-hydrogen) atoms. The summed E-state index contributed by atoms with van der Waals surface area (Å²) in [5.41, 5.74) is -0.208. The van der Waals surface area contributed by atoms with Gasteiger partial charge in [-0.3, -0.25) is 9.62 Å². The van der Waals surface area contributed by atoms with E-state index >= 15 is 4.39 Å². The highest BCUT2D eigenvalue weighted by Gasteiger charge is 2.40. The Morgan fingerprint density at radius 2 is 2.06 bits per heavy atom. The molecule has 0 spiro atoms. The van der Waals surface area contributed by atoms with E-state index in [1.807, 2.05) is 11.6 Å². The van der Waals surface area contributed by atoms with Crippen molar-refractivity contribution in [1.82, 2.24) is 9.88 Å². The zero-order chi connectivity index (χ0) is 24.4. The van der Waals surface area contributed by atoms with Gasteiger partial charge in [-0.25, -0.2) is 22.2 Å². The summed E-state index contributed by atoms with van der Waals surface area (Å²) in [6.45, 7) is 7.02. The summed E-state index contributed by atoms with van der Waals surface area (Å²) in [5.74, 6) is -4.10. The molecule has 1 aromatic carbocycles. The van der Waals surface area contributed by atoms with Gasteiger partial charge in [0.05, 0.1) is 12.3 Å². The predicted octanol–water partition coefficient (Wildman–Crippen LogP) is 3.89. The molecule has 182 valence electrons. The Morgan fingerprint density at radius 1 is 1.33 bits per heavy atom. The minimum atomic E-state index is -4.76. The van der Waals surface area contributed by atoms with Gasteiger partial charge in [-0.15, -0.1) is 0 Å². The van der Waals surface area contributed by atoms with E-state index in [4.69, 9.17) is 16.3 Å². The molecule has 1 aromatic heterocycles. The number of benzene rings is 1. The van der Waals surface area contributed by atoms with E-state index in [0.29, 0.717) is 26.2 Å². The fraction of sp³-hybridized carbons (Fsp3) is 0.476. The number of nitrogens with one attached hydrogen (secondary N) is 1. The Morgan fingerprint density at radius 3 is 2.70 bits per heavy atom. The molecular formula is C21H26ClF3N4O3S. The van der Waals surface area contributed by atoms with E-state index in [0.717, 1.165) is 31.2 Å². The fourth-order valence-electron chi connectivity index (χ4n) is 4.12. The van der Waals surface area contributed by atoms with Gasteiger partial charge in [-0.2, -0.15) is 4.39 Å². The lowest BCUT2D eigenvalue weighted by Crippen LogP contribution is -2.49. The Bertz CT molecular complexity index is 1120. The number of likely N-dealkylation sites (N-methyl/N-ethyl adjacent to an activating group) is 1. The van der Waals surface area contributed by atoms with Crippen LogP contribution in [0.5, 0.6) is 0 Å². The van der Waals surface area contributed by atoms with Gasteiger partial charge in [-0.1, -0.05) is 24.6 Å². The van der Waals surface area contributed by atoms with Crippen molar-refractivity contribution in [2.24, 2.45) is 0 Å². The van der Waals surface area contributed by atoms with E-state index in [1.165, 1.54) is 6.07 Å². The summed E-state index contributed by atoms with van der Waals surface area (Å²) >= 11 is 6.19. The Hall–Kier alpha value is -2.08. The smallest absolute Gasteiger partial charge is 0.268 e. The van der Waals surface area contributed by atoms with Crippen LogP contribution in [0.2, 0.25) is 5.02 Å². The molecule has 1 saturated heterocycles. The summed E-state index contributed by atoms with van der Waals surface area (Å²) in [7, 11) is -3.14. The van der Waals surface area contributed by atoms with Crippen molar-refractivity contribution in [1.29, 1.82) is 0 Å². The van der Waals surface area contributed by atoms with Crippen LogP contribution in [0.15, 0.2) is 29.2 Å². The summed E-state index contributed by atoms with van der Waals surface area (Å²) < 4.78 is 75.6. The molecule has 12 heteroatoms. The summed E-state index contributed by atoms with van der Waals surface area (Å²) in [6, 6.07) is 4.28. The molecule has 1 aliphatic rings. The molecule has 0 radical (unpaired) electrons. The largest absolute Gasteiger partial charge is 0.383 e. The number of methoxy groups -OCH3 is 1. The monoisotopic (exact) mass is 506 g/mol. The van der Waals surface area contributed by atoms with E-state index in [2.05, 4.69) is 16.8 Å². The van der Waals surface area contributed by atoms with Crippen LogP contribution in [-0.4, -0.2) is 63.7 Å². The highest BCUT2D eigenvalue weighted by atomic mass is 35.5. The Kier molecular flexibility index (Phi) is 7.77. The molecule has 0 amide bonds. The third-order valence-corrected chi connectivity index (χ3v) is 7.57. The number of rotatable bonds is 9. The maximum absolute atomic E-state index is 15.1. The van der Waals surface area contributed by atoms with E-state index in [-0.39, 0.29) is 11.2 Å². The third kappa shape index (κ3) is 5.37. The molecule has 0 bridgehead atoms. The first-order chi connectivity index (χ1) is 15.5. The SMILES string of the molecule is CCN(CCOC)[C@]1(C)CCN(c2cc(F)c(S(=O)(=O)Nc3cccc(F)n3)c(F)c2Cl)C1. The molecule has 2 aromatic rings. The number of hydrogen-bond acceptors (Lipinski definition) is 6. The fourth-order valence-corrected chi connectivity index (χ4v) is 5.59. The molecule has 1 N–H and O–H groups in total. The van der Waals surface area contributed by atoms with Crippen LogP contribution in [-0.2, 0) is 14.8 Å². The first-order valence-electron chi connectivity index (χ1n) is 10.3. The number of anilines is 2. The van der Waals surface area contributed by atoms with Gasteiger partial charge < -0.3 is 9.64 Å². The van der Waals surface area contributed by atoms with Gasteiger partial charge in [-0.05, 0) is 32.0 Å². The van der Waals surface area contributed by atoms with Gasteiger partial charge >= 0.3 is 0 Å². The zero-order valence-electron chi connectivity index (χ0n) is 18.5. The normalized spacial score (nSPS) is 18.8. The lowest BCUT2D eigenvalue weighted by Gasteiger charge is -2.38. The molecule has 0 unspecified atom stereocenters. The van der Waals surface area contributed by atoms with Crippen molar-refractivity contribution in [3.8, 4) is 0 Å². The van der Waals surface area contributed by atoms with Crippen LogP contribution < -0.4 is 9.62 Å². The maximum Gasteiger partial charge on any atom is 0.268 e. The van der Waals surface area contributed by atoms with Crippen LogP contribution in [0.1, 0.15) is 20.3 Å². The predicted molar refractivity (Wildman–Crippen MR) is 121 cm³/mol. The van der Waals surface area contributed by atoms with Gasteiger partial charge in [0.25, 0.3) is 10.0 Å². The second-order valence-electron chi connectivity index (χ2n) is 8.03. The van der Waals surface area contributed by atoms with E-state index in [1.54, 1.807) is 12.0 Å². The second kappa shape index (κ2) is 10.0. The highest BCUT2D eigenvalue weighted by molar-refractivity contribution is 7.92. The van der Waals surface area contributed by atoms with Crippen LogP contribution in [0.25, 0.3) is 0 Å². The van der Waals surface area contributed by atoms with Crippen molar-refractivity contribution >= 4 is 33.1 Å². The van der Waals surface area contributed by atoms with Gasteiger partial charge in [0.15, 0.2) is 10.7 Å². The molecule has 1 atom stereocenters. The average Bonchev–Trinajstić information content (AvgIpc) is 3.13. The lowest BCUT2D eigenvalue weighted by atomic mass is 9.99. The van der Waals surface area contributed by atoms with Crippen molar-refractivity contribution in [3.05, 3.63) is 46.9 Å². The summed E-state index contributed by atoms with van der Waals surface area (Å²) in [5, 5.41) is -0.506. The topological polar surface area (TPSA) is 74.8 Å². The number of pyridine rings is 1. The first kappa shape index (κ1) is 25.5. The van der Waals surface area contributed by atoms with Crippen molar-refractivity contribution < 1.29 is 26.3 Å². The third-order valence-electron chi connectivity index (χ3n) is 5.82. The molecule has 2 heterocycles. The number of sulfonamides is 1. The second-order valence-corrected chi connectivity index (χ2v) is 10.0. The first-order valence-corrected chi connectivity index (χ1v) is 12.2. The Labute approximate surface area is 196 Å². The molecule has 0 saturated carbocycles. The van der Waals surface area contributed by atoms with E-state index in [9.17, 15) is 17.2 Å².